The van der Waals surface area contributed by atoms with Crippen LogP contribution < -0.4 is 10.2 Å². The van der Waals surface area contributed by atoms with E-state index in [9.17, 15) is 0 Å². The number of para-hydroxylation sites is 2. The third-order valence-electron chi connectivity index (χ3n) is 7.69. The zero-order valence-electron chi connectivity index (χ0n) is 23.3. The van der Waals surface area contributed by atoms with Gasteiger partial charge in [0.1, 0.15) is 0 Å². The van der Waals surface area contributed by atoms with Crippen molar-refractivity contribution in [2.45, 2.75) is 13.8 Å². The third-order valence-corrected chi connectivity index (χ3v) is 7.69. The first kappa shape index (κ1) is 24.7. The van der Waals surface area contributed by atoms with E-state index in [2.05, 4.69) is 174 Å². The molecule has 0 aliphatic heterocycles. The van der Waals surface area contributed by atoms with Gasteiger partial charge in [-0.25, -0.2) is 0 Å². The molecule has 0 atom stereocenters. The molecule has 0 bridgehead atoms. The van der Waals surface area contributed by atoms with Crippen LogP contribution in [0.25, 0.3) is 27.5 Å². The highest BCUT2D eigenvalue weighted by molar-refractivity contribution is 6.16. The number of aryl methyl sites for hydroxylation is 2. The van der Waals surface area contributed by atoms with Gasteiger partial charge in [0, 0.05) is 39.2 Å². The molecule has 7 rings (SSSR count). The number of hydrogen-bond donors (Lipinski definition) is 1. The van der Waals surface area contributed by atoms with Gasteiger partial charge in [-0.1, -0.05) is 77.9 Å². The van der Waals surface area contributed by atoms with Crippen molar-refractivity contribution in [2.75, 3.05) is 10.2 Å². The summed E-state index contributed by atoms with van der Waals surface area (Å²) in [6.07, 6.45) is 0. The number of benzene rings is 6. The summed E-state index contributed by atoms with van der Waals surface area (Å²) in [6, 6.07) is 52.0. The number of nitrogens with zero attached hydrogens (tertiary/aromatic N) is 2. The van der Waals surface area contributed by atoms with Crippen LogP contribution in [0, 0.1) is 13.8 Å². The standard InChI is InChI=1S/C38H31N3/c1-27-15-19-29(20-16-27)39-30-21-25-33(26-22-30)41-35-12-7-6-11-34(35)38-36(13-8-14-37(38)41)40(31-9-4-3-5-10-31)32-23-17-28(2)18-24-32/h3-26,39H,1-2H3. The van der Waals surface area contributed by atoms with E-state index in [1.807, 2.05) is 0 Å². The van der Waals surface area contributed by atoms with Gasteiger partial charge in [-0.15, -0.1) is 0 Å². The van der Waals surface area contributed by atoms with E-state index < -0.39 is 0 Å². The van der Waals surface area contributed by atoms with Gasteiger partial charge in [0.25, 0.3) is 0 Å². The molecule has 1 heterocycles. The van der Waals surface area contributed by atoms with Crippen LogP contribution in [0.1, 0.15) is 11.1 Å². The average Bonchev–Trinajstić information content (AvgIpc) is 3.35. The van der Waals surface area contributed by atoms with E-state index in [1.54, 1.807) is 0 Å². The Morgan fingerprint density at radius 2 is 1.05 bits per heavy atom. The van der Waals surface area contributed by atoms with Gasteiger partial charge in [0.15, 0.2) is 0 Å². The number of rotatable bonds is 6. The predicted octanol–water partition coefficient (Wildman–Crippen LogP) is 10.6. The monoisotopic (exact) mass is 529 g/mol. The lowest BCUT2D eigenvalue weighted by atomic mass is 10.1. The molecule has 41 heavy (non-hydrogen) atoms. The Labute approximate surface area is 240 Å². The van der Waals surface area contributed by atoms with E-state index in [1.165, 1.54) is 32.9 Å². The van der Waals surface area contributed by atoms with Crippen LogP contribution in [0.15, 0.2) is 146 Å². The molecule has 0 radical (unpaired) electrons. The van der Waals surface area contributed by atoms with Crippen LogP contribution in [0.3, 0.4) is 0 Å². The summed E-state index contributed by atoms with van der Waals surface area (Å²) in [5, 5.41) is 5.99. The maximum atomic E-state index is 3.53. The van der Waals surface area contributed by atoms with Crippen molar-refractivity contribution in [3.8, 4) is 5.69 Å². The summed E-state index contributed by atoms with van der Waals surface area (Å²) < 4.78 is 2.38. The summed E-state index contributed by atoms with van der Waals surface area (Å²) in [7, 11) is 0. The minimum absolute atomic E-state index is 1.06. The smallest absolute Gasteiger partial charge is 0.0562 e. The second kappa shape index (κ2) is 10.4. The molecule has 0 saturated heterocycles. The molecule has 0 fully saturated rings. The first-order chi connectivity index (χ1) is 20.2. The quantitative estimate of drug-likeness (QED) is 0.231. The number of hydrogen-bond acceptors (Lipinski definition) is 2. The molecule has 1 N–H and O–H groups in total. The summed E-state index contributed by atoms with van der Waals surface area (Å²) in [5.41, 5.74) is 11.6. The number of anilines is 5. The molecule has 0 spiro atoms. The van der Waals surface area contributed by atoms with E-state index >= 15 is 0 Å². The van der Waals surface area contributed by atoms with Gasteiger partial charge >= 0.3 is 0 Å². The lowest BCUT2D eigenvalue weighted by molar-refractivity contribution is 1.18. The summed E-state index contributed by atoms with van der Waals surface area (Å²) in [6.45, 7) is 4.24. The van der Waals surface area contributed by atoms with E-state index in [0.717, 1.165) is 34.1 Å². The van der Waals surface area contributed by atoms with Crippen molar-refractivity contribution in [2.24, 2.45) is 0 Å². The Bertz CT molecular complexity index is 1950. The number of fused-ring (bicyclic) bond motifs is 3. The molecule has 0 unspecified atom stereocenters. The van der Waals surface area contributed by atoms with Crippen molar-refractivity contribution in [3.05, 3.63) is 157 Å². The van der Waals surface area contributed by atoms with Crippen molar-refractivity contribution in [1.29, 1.82) is 0 Å². The van der Waals surface area contributed by atoms with Gasteiger partial charge in [0.2, 0.25) is 0 Å². The van der Waals surface area contributed by atoms with Crippen LogP contribution >= 0.6 is 0 Å². The van der Waals surface area contributed by atoms with Gasteiger partial charge < -0.3 is 14.8 Å². The summed E-state index contributed by atoms with van der Waals surface area (Å²) in [5.74, 6) is 0. The Hall–Kier alpha value is -5.28. The zero-order chi connectivity index (χ0) is 27.8. The van der Waals surface area contributed by atoms with Gasteiger partial charge in [-0.3, -0.25) is 0 Å². The molecule has 0 aliphatic carbocycles. The van der Waals surface area contributed by atoms with Gasteiger partial charge in [0.05, 0.1) is 16.7 Å². The molecule has 6 aromatic carbocycles. The fourth-order valence-electron chi connectivity index (χ4n) is 5.66. The van der Waals surface area contributed by atoms with Crippen LogP contribution in [0.4, 0.5) is 28.4 Å². The summed E-state index contributed by atoms with van der Waals surface area (Å²) >= 11 is 0. The molecule has 198 valence electrons. The van der Waals surface area contributed by atoms with E-state index in [-0.39, 0.29) is 0 Å². The fourth-order valence-corrected chi connectivity index (χ4v) is 5.66. The first-order valence-corrected chi connectivity index (χ1v) is 14.0. The maximum Gasteiger partial charge on any atom is 0.0562 e. The third kappa shape index (κ3) is 4.62. The Kier molecular flexibility index (Phi) is 6.25. The minimum atomic E-state index is 1.06. The highest BCUT2D eigenvalue weighted by Gasteiger charge is 2.20. The number of aromatic nitrogens is 1. The second-order valence-corrected chi connectivity index (χ2v) is 10.6. The highest BCUT2D eigenvalue weighted by Crippen LogP contribution is 2.43. The largest absolute Gasteiger partial charge is 0.356 e. The van der Waals surface area contributed by atoms with Crippen molar-refractivity contribution in [1.82, 2.24) is 4.57 Å². The highest BCUT2D eigenvalue weighted by atomic mass is 15.1. The second-order valence-electron chi connectivity index (χ2n) is 10.6. The minimum Gasteiger partial charge on any atom is -0.356 e. The Morgan fingerprint density at radius 3 is 1.76 bits per heavy atom. The maximum absolute atomic E-state index is 3.53. The van der Waals surface area contributed by atoms with E-state index in [4.69, 9.17) is 0 Å². The molecular formula is C38H31N3. The van der Waals surface area contributed by atoms with E-state index in [0.29, 0.717) is 0 Å². The van der Waals surface area contributed by atoms with Crippen molar-refractivity contribution < 1.29 is 0 Å². The molecule has 3 nitrogen and oxygen atoms in total. The van der Waals surface area contributed by atoms with Crippen molar-refractivity contribution >= 4 is 50.2 Å². The zero-order valence-corrected chi connectivity index (χ0v) is 23.3. The van der Waals surface area contributed by atoms with Crippen molar-refractivity contribution in [3.63, 3.8) is 0 Å². The van der Waals surface area contributed by atoms with Crippen LogP contribution in [-0.2, 0) is 0 Å². The van der Waals surface area contributed by atoms with Crippen LogP contribution in [-0.4, -0.2) is 4.57 Å². The molecule has 3 heteroatoms. The lowest BCUT2D eigenvalue weighted by Crippen LogP contribution is -2.10. The Morgan fingerprint density at radius 1 is 0.488 bits per heavy atom. The van der Waals surface area contributed by atoms with Gasteiger partial charge in [-0.2, -0.15) is 0 Å². The Balaban J connectivity index is 1.39. The SMILES string of the molecule is Cc1ccc(Nc2ccc(-n3c4ccccc4c4c(N(c5ccccc5)c5ccc(C)cc5)cccc43)cc2)cc1. The lowest BCUT2D eigenvalue weighted by Gasteiger charge is -2.26. The predicted molar refractivity (Wildman–Crippen MR) is 175 cm³/mol. The first-order valence-electron chi connectivity index (χ1n) is 14.0. The number of nitrogens with one attached hydrogen (secondary N) is 1. The molecule has 7 aromatic rings. The fraction of sp³-hybridized carbons (Fsp3) is 0.0526. The van der Waals surface area contributed by atoms with Gasteiger partial charge in [-0.05, 0) is 92.7 Å². The molecule has 0 amide bonds. The normalized spacial score (nSPS) is 11.2. The molecular weight excluding hydrogens is 498 g/mol. The summed E-state index contributed by atoms with van der Waals surface area (Å²) in [4.78, 5) is 2.37. The molecule has 0 aliphatic rings. The molecule has 1 aromatic heterocycles. The average molecular weight is 530 g/mol. The molecule has 0 saturated carbocycles. The topological polar surface area (TPSA) is 20.2 Å². The van der Waals surface area contributed by atoms with Crippen LogP contribution in [0.2, 0.25) is 0 Å². The van der Waals surface area contributed by atoms with Crippen LogP contribution in [0.5, 0.6) is 0 Å².